The van der Waals surface area contributed by atoms with Crippen molar-refractivity contribution < 1.29 is 23.1 Å². The van der Waals surface area contributed by atoms with Gasteiger partial charge in [0.05, 0.1) is 17.2 Å². The number of hydrogen-bond donors (Lipinski definition) is 0. The molecule has 4 rings (SSSR count). The molecular weight excluding hydrogens is 428 g/mol. The van der Waals surface area contributed by atoms with E-state index in [0.29, 0.717) is 29.6 Å². The highest BCUT2D eigenvalue weighted by molar-refractivity contribution is 7.15. The lowest BCUT2D eigenvalue weighted by molar-refractivity contribution is -0.151. The fourth-order valence-electron chi connectivity index (χ4n) is 3.59. The highest BCUT2D eigenvalue weighted by atomic mass is 32.1. The summed E-state index contributed by atoms with van der Waals surface area (Å²) in [5.41, 5.74) is 0.746. The Balaban J connectivity index is 1.33. The lowest BCUT2D eigenvalue weighted by Crippen LogP contribution is -2.41. The van der Waals surface area contributed by atoms with Crippen molar-refractivity contribution >= 4 is 28.2 Å². The van der Waals surface area contributed by atoms with Gasteiger partial charge in [-0.05, 0) is 31.9 Å². The third-order valence-electron chi connectivity index (χ3n) is 5.27. The second-order valence-corrected chi connectivity index (χ2v) is 8.22. The number of rotatable bonds is 4. The van der Waals surface area contributed by atoms with E-state index in [1.54, 1.807) is 0 Å². The zero-order chi connectivity index (χ0) is 22.1. The number of aryl methyl sites for hydroxylation is 1. The number of fused-ring (bicyclic) bond motifs is 1. The first kappa shape index (κ1) is 21.1. The van der Waals surface area contributed by atoms with E-state index >= 15 is 0 Å². The van der Waals surface area contributed by atoms with Gasteiger partial charge in [0.25, 0.3) is 11.5 Å². The van der Waals surface area contributed by atoms with Gasteiger partial charge in [-0.1, -0.05) is 0 Å². The zero-order valence-electron chi connectivity index (χ0n) is 16.6. The van der Waals surface area contributed by atoms with Gasteiger partial charge in [-0.2, -0.15) is 0 Å². The van der Waals surface area contributed by atoms with Crippen molar-refractivity contribution in [3.63, 3.8) is 0 Å². The standard InChI is InChI=1S/C21H19F2N3O4S/c1-12-11-31-21-24-15(9-18(27)26(12)21)10-30-20(29)13-4-6-25(7-5-13)19(28)16-3-2-14(22)8-17(16)23/h2-3,8-9,11,13H,4-7,10H2,1H3. The first-order chi connectivity index (χ1) is 14.8. The van der Waals surface area contributed by atoms with Crippen molar-refractivity contribution in [2.75, 3.05) is 13.1 Å². The number of esters is 1. The summed E-state index contributed by atoms with van der Waals surface area (Å²) in [7, 11) is 0. The van der Waals surface area contributed by atoms with Crippen molar-refractivity contribution in [3.05, 3.63) is 68.6 Å². The number of likely N-dealkylation sites (tertiary alicyclic amines) is 1. The molecule has 1 aromatic carbocycles. The number of nitrogens with zero attached hydrogens (tertiary/aromatic N) is 3. The summed E-state index contributed by atoms with van der Waals surface area (Å²) in [4.78, 5) is 43.4. The van der Waals surface area contributed by atoms with Gasteiger partial charge in [0, 0.05) is 36.3 Å². The molecule has 1 amide bonds. The normalized spacial score (nSPS) is 14.7. The van der Waals surface area contributed by atoms with Crippen LogP contribution in [0.25, 0.3) is 4.96 Å². The van der Waals surface area contributed by atoms with Crippen LogP contribution in [0.3, 0.4) is 0 Å². The lowest BCUT2D eigenvalue weighted by Gasteiger charge is -2.31. The van der Waals surface area contributed by atoms with Crippen molar-refractivity contribution in [1.29, 1.82) is 0 Å². The predicted octanol–water partition coefficient (Wildman–Crippen LogP) is 2.94. The Morgan fingerprint density at radius 1 is 1.23 bits per heavy atom. The van der Waals surface area contributed by atoms with Crippen LogP contribution >= 0.6 is 11.3 Å². The summed E-state index contributed by atoms with van der Waals surface area (Å²) < 4.78 is 33.7. The minimum Gasteiger partial charge on any atom is -0.459 e. The van der Waals surface area contributed by atoms with Crippen molar-refractivity contribution in [2.45, 2.75) is 26.4 Å². The van der Waals surface area contributed by atoms with Gasteiger partial charge in [0.2, 0.25) is 0 Å². The monoisotopic (exact) mass is 447 g/mol. The maximum Gasteiger partial charge on any atom is 0.309 e. The molecule has 1 saturated heterocycles. The van der Waals surface area contributed by atoms with Gasteiger partial charge in [-0.15, -0.1) is 11.3 Å². The molecule has 0 atom stereocenters. The van der Waals surface area contributed by atoms with Gasteiger partial charge < -0.3 is 9.64 Å². The smallest absolute Gasteiger partial charge is 0.309 e. The molecule has 3 aromatic rings. The molecule has 0 spiro atoms. The molecule has 7 nitrogen and oxygen atoms in total. The van der Waals surface area contributed by atoms with Gasteiger partial charge >= 0.3 is 5.97 Å². The van der Waals surface area contributed by atoms with E-state index in [1.165, 1.54) is 26.7 Å². The molecular formula is C21H19F2N3O4S. The minimum absolute atomic E-state index is 0.110. The molecule has 0 saturated carbocycles. The summed E-state index contributed by atoms with van der Waals surface area (Å²) >= 11 is 1.33. The SMILES string of the molecule is Cc1csc2nc(COC(=O)C3CCN(C(=O)c4ccc(F)cc4F)CC3)cc(=O)n12. The van der Waals surface area contributed by atoms with E-state index in [0.717, 1.165) is 17.8 Å². The number of amides is 1. The van der Waals surface area contributed by atoms with Crippen LogP contribution in [-0.4, -0.2) is 39.3 Å². The molecule has 0 unspecified atom stereocenters. The van der Waals surface area contributed by atoms with Crippen molar-refractivity contribution in [2.24, 2.45) is 5.92 Å². The maximum atomic E-state index is 13.9. The number of carbonyl (C=O) groups excluding carboxylic acids is 2. The molecule has 10 heteroatoms. The van der Waals surface area contributed by atoms with E-state index in [2.05, 4.69) is 4.98 Å². The topological polar surface area (TPSA) is 81.0 Å². The number of ether oxygens (including phenoxy) is 1. The van der Waals surface area contributed by atoms with Crippen LogP contribution in [0.4, 0.5) is 8.78 Å². The van der Waals surface area contributed by atoms with E-state index in [1.807, 2.05) is 12.3 Å². The fraction of sp³-hybridized carbons (Fsp3) is 0.333. The first-order valence-corrected chi connectivity index (χ1v) is 10.6. The van der Waals surface area contributed by atoms with Crippen molar-refractivity contribution in [1.82, 2.24) is 14.3 Å². The molecule has 2 aromatic heterocycles. The summed E-state index contributed by atoms with van der Waals surface area (Å²) in [6.07, 6.45) is 0.735. The average molecular weight is 447 g/mol. The molecule has 3 heterocycles. The predicted molar refractivity (Wildman–Crippen MR) is 109 cm³/mol. The maximum absolute atomic E-state index is 13.9. The van der Waals surface area contributed by atoms with Crippen LogP contribution in [0.15, 0.2) is 34.4 Å². The number of halogens is 2. The van der Waals surface area contributed by atoms with Crippen molar-refractivity contribution in [3.8, 4) is 0 Å². The van der Waals surface area contributed by atoms with E-state index in [4.69, 9.17) is 4.74 Å². The molecule has 0 bridgehead atoms. The zero-order valence-corrected chi connectivity index (χ0v) is 17.5. The Kier molecular flexibility index (Phi) is 5.81. The number of benzene rings is 1. The number of carbonyl (C=O) groups is 2. The van der Waals surface area contributed by atoms with E-state index in [9.17, 15) is 23.2 Å². The Hall–Kier alpha value is -3.14. The Morgan fingerprint density at radius 2 is 1.97 bits per heavy atom. The van der Waals surface area contributed by atoms with E-state index in [-0.39, 0.29) is 30.8 Å². The minimum atomic E-state index is -0.909. The van der Waals surface area contributed by atoms with Gasteiger partial charge in [-0.25, -0.2) is 13.8 Å². The second kappa shape index (κ2) is 8.54. The molecule has 31 heavy (non-hydrogen) atoms. The highest BCUT2D eigenvalue weighted by Gasteiger charge is 2.30. The largest absolute Gasteiger partial charge is 0.459 e. The number of aromatic nitrogens is 2. The first-order valence-electron chi connectivity index (χ1n) is 9.71. The highest BCUT2D eigenvalue weighted by Crippen LogP contribution is 2.22. The lowest BCUT2D eigenvalue weighted by atomic mass is 9.96. The fourth-order valence-corrected chi connectivity index (χ4v) is 4.48. The summed E-state index contributed by atoms with van der Waals surface area (Å²) in [5.74, 6) is -3.03. The molecule has 0 aliphatic carbocycles. The number of piperidine rings is 1. The summed E-state index contributed by atoms with van der Waals surface area (Å²) in [6, 6.07) is 4.18. The van der Waals surface area contributed by atoms with Crippen LogP contribution in [-0.2, 0) is 16.1 Å². The van der Waals surface area contributed by atoms with Crippen LogP contribution in [0, 0.1) is 24.5 Å². The van der Waals surface area contributed by atoms with Gasteiger partial charge in [0.15, 0.2) is 4.96 Å². The molecule has 1 aliphatic rings. The molecule has 1 fully saturated rings. The van der Waals surface area contributed by atoms with Gasteiger partial charge in [-0.3, -0.25) is 18.8 Å². The van der Waals surface area contributed by atoms with E-state index < -0.39 is 29.4 Å². The van der Waals surface area contributed by atoms with Crippen LogP contribution in [0.5, 0.6) is 0 Å². The summed E-state index contributed by atoms with van der Waals surface area (Å²) in [6.45, 7) is 2.22. The Bertz CT molecular complexity index is 1220. The molecule has 0 radical (unpaired) electrons. The number of hydrogen-bond acceptors (Lipinski definition) is 6. The van der Waals surface area contributed by atoms with Crippen LogP contribution in [0.1, 0.15) is 34.6 Å². The summed E-state index contributed by atoms with van der Waals surface area (Å²) in [5, 5.41) is 1.83. The third-order valence-corrected chi connectivity index (χ3v) is 6.21. The van der Waals surface area contributed by atoms with Crippen LogP contribution in [0.2, 0.25) is 0 Å². The van der Waals surface area contributed by atoms with Crippen LogP contribution < -0.4 is 5.56 Å². The average Bonchev–Trinajstić information content (AvgIpc) is 3.13. The second-order valence-electron chi connectivity index (χ2n) is 7.38. The number of thiazole rings is 1. The molecule has 1 aliphatic heterocycles. The molecule has 0 N–H and O–H groups in total. The van der Waals surface area contributed by atoms with Gasteiger partial charge in [0.1, 0.15) is 18.2 Å². The quantitative estimate of drug-likeness (QED) is 0.575. The Labute approximate surface area is 179 Å². The third kappa shape index (κ3) is 4.34. The molecule has 162 valence electrons. The Morgan fingerprint density at radius 3 is 2.68 bits per heavy atom.